The standard InChI is InChI=1S/C8H14O3S/c1-5(8(9)10)4-6(2)11-7(3)12/h5-6H,4H2,1-3H3,(H,9,10). The van der Waals surface area contributed by atoms with E-state index in [0.29, 0.717) is 11.5 Å². The topological polar surface area (TPSA) is 46.5 Å². The van der Waals surface area contributed by atoms with Gasteiger partial charge in [-0.1, -0.05) is 6.92 Å². The maximum Gasteiger partial charge on any atom is 0.306 e. The highest BCUT2D eigenvalue weighted by atomic mass is 32.1. The van der Waals surface area contributed by atoms with Crippen LogP contribution in [-0.2, 0) is 9.53 Å². The molecule has 70 valence electrons. The largest absolute Gasteiger partial charge is 0.484 e. The second kappa shape index (κ2) is 5.09. The predicted octanol–water partition coefficient (Wildman–Crippen LogP) is 1.85. The van der Waals surface area contributed by atoms with Crippen LogP contribution >= 0.6 is 12.2 Å². The maximum atomic E-state index is 10.4. The molecule has 2 unspecified atom stereocenters. The second-order valence-electron chi connectivity index (χ2n) is 2.90. The number of aliphatic carboxylic acids is 1. The van der Waals surface area contributed by atoms with E-state index in [1.54, 1.807) is 13.8 Å². The Balaban J connectivity index is 3.76. The van der Waals surface area contributed by atoms with Crippen molar-refractivity contribution < 1.29 is 14.6 Å². The molecular formula is C8H14O3S. The summed E-state index contributed by atoms with van der Waals surface area (Å²) in [6, 6.07) is 0. The molecule has 0 radical (unpaired) electrons. The second-order valence-corrected chi connectivity index (χ2v) is 3.47. The van der Waals surface area contributed by atoms with E-state index in [-0.39, 0.29) is 12.0 Å². The number of hydrogen-bond donors (Lipinski definition) is 1. The van der Waals surface area contributed by atoms with Gasteiger partial charge < -0.3 is 9.84 Å². The molecule has 0 aliphatic heterocycles. The molecule has 12 heavy (non-hydrogen) atoms. The van der Waals surface area contributed by atoms with E-state index in [1.807, 2.05) is 6.92 Å². The van der Waals surface area contributed by atoms with Gasteiger partial charge in [0.1, 0.15) is 0 Å². The minimum absolute atomic E-state index is 0.117. The Morgan fingerprint density at radius 1 is 1.58 bits per heavy atom. The van der Waals surface area contributed by atoms with Gasteiger partial charge >= 0.3 is 5.97 Å². The monoisotopic (exact) mass is 190 g/mol. The summed E-state index contributed by atoms with van der Waals surface area (Å²) < 4.78 is 5.14. The first kappa shape index (κ1) is 11.4. The number of carbonyl (C=O) groups is 1. The van der Waals surface area contributed by atoms with Crippen molar-refractivity contribution in [3.05, 3.63) is 0 Å². The van der Waals surface area contributed by atoms with Crippen LogP contribution in [0.5, 0.6) is 0 Å². The van der Waals surface area contributed by atoms with Gasteiger partial charge in [-0.3, -0.25) is 4.79 Å². The highest BCUT2D eigenvalue weighted by molar-refractivity contribution is 7.80. The zero-order chi connectivity index (χ0) is 9.72. The molecule has 3 nitrogen and oxygen atoms in total. The van der Waals surface area contributed by atoms with Gasteiger partial charge in [0.2, 0.25) is 0 Å². The number of hydrogen-bond acceptors (Lipinski definition) is 3. The predicted molar refractivity (Wildman–Crippen MR) is 50.2 cm³/mol. The summed E-state index contributed by atoms with van der Waals surface area (Å²) >= 11 is 4.72. The Bertz CT molecular complexity index is 179. The Kier molecular flexibility index (Phi) is 4.81. The molecule has 0 heterocycles. The lowest BCUT2D eigenvalue weighted by Gasteiger charge is -2.15. The van der Waals surface area contributed by atoms with Crippen molar-refractivity contribution >= 4 is 23.2 Å². The summed E-state index contributed by atoms with van der Waals surface area (Å²) in [4.78, 5) is 10.4. The van der Waals surface area contributed by atoms with Gasteiger partial charge in [0, 0.05) is 6.92 Å². The van der Waals surface area contributed by atoms with Crippen LogP contribution in [0.4, 0.5) is 0 Å². The smallest absolute Gasteiger partial charge is 0.306 e. The Morgan fingerprint density at radius 3 is 2.42 bits per heavy atom. The lowest BCUT2D eigenvalue weighted by Crippen LogP contribution is -2.19. The molecule has 0 amide bonds. The van der Waals surface area contributed by atoms with Gasteiger partial charge in [0.05, 0.1) is 12.0 Å². The molecule has 1 N–H and O–H groups in total. The highest BCUT2D eigenvalue weighted by Gasteiger charge is 2.15. The van der Waals surface area contributed by atoms with Crippen LogP contribution in [0.25, 0.3) is 0 Å². The fraction of sp³-hybridized carbons (Fsp3) is 0.750. The quantitative estimate of drug-likeness (QED) is 0.687. The molecule has 0 fully saturated rings. The molecule has 0 aromatic heterocycles. The van der Waals surface area contributed by atoms with Crippen molar-refractivity contribution in [1.29, 1.82) is 0 Å². The third kappa shape index (κ3) is 5.07. The van der Waals surface area contributed by atoms with Gasteiger partial charge in [0.15, 0.2) is 5.05 Å². The van der Waals surface area contributed by atoms with Crippen LogP contribution in [0.1, 0.15) is 27.2 Å². The minimum Gasteiger partial charge on any atom is -0.484 e. The summed E-state index contributed by atoms with van der Waals surface area (Å²) in [7, 11) is 0. The lowest BCUT2D eigenvalue weighted by molar-refractivity contribution is -0.142. The first-order valence-corrected chi connectivity index (χ1v) is 4.24. The van der Waals surface area contributed by atoms with E-state index >= 15 is 0 Å². The zero-order valence-corrected chi connectivity index (χ0v) is 8.35. The molecule has 0 spiro atoms. The highest BCUT2D eigenvalue weighted by Crippen LogP contribution is 2.09. The molecule has 0 rings (SSSR count). The van der Waals surface area contributed by atoms with Crippen LogP contribution in [0.15, 0.2) is 0 Å². The summed E-state index contributed by atoms with van der Waals surface area (Å²) in [5.74, 6) is -1.18. The number of ether oxygens (including phenoxy) is 1. The van der Waals surface area contributed by atoms with E-state index in [9.17, 15) is 4.79 Å². The average molecular weight is 190 g/mol. The number of thiocarbonyl (C=S) groups is 1. The van der Waals surface area contributed by atoms with Crippen molar-refractivity contribution in [3.63, 3.8) is 0 Å². The number of carboxylic acids is 1. The normalized spacial score (nSPS) is 14.9. The Hall–Kier alpha value is -0.640. The SMILES string of the molecule is CC(=S)OC(C)CC(C)C(=O)O. The van der Waals surface area contributed by atoms with Gasteiger partial charge in [-0.25, -0.2) is 0 Å². The van der Waals surface area contributed by atoms with E-state index < -0.39 is 5.97 Å². The molecule has 0 bridgehead atoms. The zero-order valence-electron chi connectivity index (χ0n) is 7.53. The number of carboxylic acid groups (broad SMARTS) is 1. The van der Waals surface area contributed by atoms with Gasteiger partial charge in [-0.2, -0.15) is 0 Å². The van der Waals surface area contributed by atoms with Crippen LogP contribution < -0.4 is 0 Å². The van der Waals surface area contributed by atoms with Crippen LogP contribution in [0.3, 0.4) is 0 Å². The molecule has 4 heteroatoms. The number of rotatable bonds is 4. The minimum atomic E-state index is -0.799. The fourth-order valence-electron chi connectivity index (χ4n) is 0.930. The van der Waals surface area contributed by atoms with E-state index in [0.717, 1.165) is 0 Å². The summed E-state index contributed by atoms with van der Waals surface area (Å²) in [5.41, 5.74) is 0. The Labute approximate surface area is 77.7 Å². The van der Waals surface area contributed by atoms with Crippen molar-refractivity contribution in [1.82, 2.24) is 0 Å². The first-order chi connectivity index (χ1) is 5.43. The van der Waals surface area contributed by atoms with Crippen molar-refractivity contribution in [2.45, 2.75) is 33.3 Å². The van der Waals surface area contributed by atoms with Gasteiger partial charge in [-0.15, -0.1) is 0 Å². The van der Waals surface area contributed by atoms with Crippen molar-refractivity contribution in [2.24, 2.45) is 5.92 Å². The first-order valence-electron chi connectivity index (χ1n) is 3.83. The van der Waals surface area contributed by atoms with Crippen molar-refractivity contribution in [3.8, 4) is 0 Å². The van der Waals surface area contributed by atoms with Crippen LogP contribution in [0, 0.1) is 5.92 Å². The molecular weight excluding hydrogens is 176 g/mol. The summed E-state index contributed by atoms with van der Waals surface area (Å²) in [6.07, 6.45) is 0.372. The van der Waals surface area contributed by atoms with E-state index in [2.05, 4.69) is 0 Å². The average Bonchev–Trinajstić information content (AvgIpc) is 1.84. The Morgan fingerprint density at radius 2 is 2.08 bits per heavy atom. The molecule has 0 saturated carbocycles. The van der Waals surface area contributed by atoms with Gasteiger partial charge in [-0.05, 0) is 25.6 Å². The maximum absolute atomic E-state index is 10.4. The van der Waals surface area contributed by atoms with E-state index in [4.69, 9.17) is 22.1 Å². The molecule has 0 aliphatic carbocycles. The van der Waals surface area contributed by atoms with Crippen LogP contribution in [-0.4, -0.2) is 22.2 Å². The third-order valence-electron chi connectivity index (χ3n) is 1.47. The molecule has 2 atom stereocenters. The molecule has 0 saturated heterocycles. The van der Waals surface area contributed by atoms with E-state index in [1.165, 1.54) is 0 Å². The lowest BCUT2D eigenvalue weighted by atomic mass is 10.1. The van der Waals surface area contributed by atoms with Crippen LogP contribution in [0.2, 0.25) is 0 Å². The third-order valence-corrected chi connectivity index (χ3v) is 1.57. The summed E-state index contributed by atoms with van der Waals surface area (Å²) in [6.45, 7) is 5.15. The fourth-order valence-corrected chi connectivity index (χ4v) is 1.09. The molecule has 0 aliphatic rings. The molecule has 0 aromatic carbocycles. The summed E-state index contributed by atoms with van der Waals surface area (Å²) in [5, 5.41) is 9.04. The van der Waals surface area contributed by atoms with Crippen molar-refractivity contribution in [2.75, 3.05) is 0 Å². The molecule has 0 aromatic rings. The van der Waals surface area contributed by atoms with Gasteiger partial charge in [0.25, 0.3) is 0 Å².